The van der Waals surface area contributed by atoms with Crippen molar-refractivity contribution in [1.82, 2.24) is 9.78 Å². The molecule has 1 saturated carbocycles. The van der Waals surface area contributed by atoms with Crippen LogP contribution in [0.3, 0.4) is 0 Å². The number of carbonyl (C=O) groups is 2. The van der Waals surface area contributed by atoms with Gasteiger partial charge < -0.3 is 4.74 Å². The van der Waals surface area contributed by atoms with Gasteiger partial charge in [0, 0.05) is 17.3 Å². The van der Waals surface area contributed by atoms with Gasteiger partial charge in [0.25, 0.3) is 0 Å². The second-order valence-electron chi connectivity index (χ2n) is 8.99. The summed E-state index contributed by atoms with van der Waals surface area (Å²) in [6, 6.07) is 26.9. The maximum atomic E-state index is 13.1. The van der Waals surface area contributed by atoms with Crippen molar-refractivity contribution in [3.05, 3.63) is 108 Å². The number of benzene rings is 3. The van der Waals surface area contributed by atoms with Crippen molar-refractivity contribution < 1.29 is 14.3 Å². The Balaban J connectivity index is 1.31. The molecule has 1 aliphatic rings. The van der Waals surface area contributed by atoms with E-state index in [0.29, 0.717) is 22.7 Å². The van der Waals surface area contributed by atoms with Crippen molar-refractivity contribution in [3.8, 4) is 16.9 Å². The van der Waals surface area contributed by atoms with Crippen molar-refractivity contribution in [2.24, 2.45) is 0 Å². The van der Waals surface area contributed by atoms with Crippen LogP contribution in [0.5, 0.6) is 0 Å². The topological polar surface area (TPSA) is 61.2 Å². The number of ketones is 1. The standard InChI is InChI=1S/C30H28N2O3/c33-28(24-18-16-23(17-19-24)22-10-4-1-5-11-22)21-35-30(34)27-20-32(26-14-8-3-9-15-26)31-29(27)25-12-6-2-7-13-25/h2-3,6-9,12-20,22H,1,4-5,10-11,21H2. The van der Waals surface area contributed by atoms with E-state index in [4.69, 9.17) is 4.74 Å². The molecule has 0 radical (unpaired) electrons. The molecule has 4 aromatic rings. The Kier molecular flexibility index (Phi) is 6.85. The lowest BCUT2D eigenvalue weighted by atomic mass is 9.84. The van der Waals surface area contributed by atoms with Crippen LogP contribution in [-0.4, -0.2) is 28.1 Å². The first kappa shape index (κ1) is 22.8. The number of nitrogens with zero attached hydrogens (tertiary/aromatic N) is 2. The summed E-state index contributed by atoms with van der Waals surface area (Å²) in [6.07, 6.45) is 7.94. The van der Waals surface area contributed by atoms with E-state index in [0.717, 1.165) is 11.3 Å². The van der Waals surface area contributed by atoms with Gasteiger partial charge in [-0.15, -0.1) is 0 Å². The highest BCUT2D eigenvalue weighted by Crippen LogP contribution is 2.32. The summed E-state index contributed by atoms with van der Waals surface area (Å²) >= 11 is 0. The molecule has 0 unspecified atom stereocenters. The Labute approximate surface area is 205 Å². The fourth-order valence-corrected chi connectivity index (χ4v) is 4.71. The minimum Gasteiger partial charge on any atom is -0.454 e. The largest absolute Gasteiger partial charge is 0.454 e. The van der Waals surface area contributed by atoms with Crippen LogP contribution in [0.15, 0.2) is 91.1 Å². The maximum Gasteiger partial charge on any atom is 0.342 e. The van der Waals surface area contributed by atoms with E-state index in [1.54, 1.807) is 10.9 Å². The summed E-state index contributed by atoms with van der Waals surface area (Å²) in [4.78, 5) is 25.8. The number of esters is 1. The van der Waals surface area contributed by atoms with Crippen LogP contribution in [0, 0.1) is 0 Å². The number of Topliss-reactive ketones (excluding diaryl/α,β-unsaturated/α-hetero) is 1. The lowest BCUT2D eigenvalue weighted by Crippen LogP contribution is -2.14. The molecule has 0 spiro atoms. The Bertz CT molecular complexity index is 1290. The molecule has 5 heteroatoms. The van der Waals surface area contributed by atoms with Crippen molar-refractivity contribution in [1.29, 1.82) is 0 Å². The third-order valence-electron chi connectivity index (χ3n) is 6.65. The molecule has 0 bridgehead atoms. The Morgan fingerprint density at radius 3 is 2.17 bits per heavy atom. The van der Waals surface area contributed by atoms with Crippen molar-refractivity contribution in [3.63, 3.8) is 0 Å². The van der Waals surface area contributed by atoms with Gasteiger partial charge in [0.05, 0.1) is 5.69 Å². The first-order chi connectivity index (χ1) is 17.2. The summed E-state index contributed by atoms with van der Waals surface area (Å²) in [5, 5.41) is 4.64. The monoisotopic (exact) mass is 464 g/mol. The van der Waals surface area contributed by atoms with Gasteiger partial charge in [0.2, 0.25) is 0 Å². The molecular weight excluding hydrogens is 436 g/mol. The van der Waals surface area contributed by atoms with E-state index < -0.39 is 5.97 Å². The number of carbonyl (C=O) groups excluding carboxylic acids is 2. The number of hydrogen-bond acceptors (Lipinski definition) is 4. The third kappa shape index (κ3) is 5.24. The second-order valence-corrected chi connectivity index (χ2v) is 8.99. The molecule has 1 aromatic heterocycles. The molecule has 3 aromatic carbocycles. The Morgan fingerprint density at radius 1 is 0.829 bits per heavy atom. The summed E-state index contributed by atoms with van der Waals surface area (Å²) in [6.45, 7) is -0.313. The van der Waals surface area contributed by atoms with Crippen molar-refractivity contribution in [2.75, 3.05) is 6.61 Å². The van der Waals surface area contributed by atoms with Crippen LogP contribution in [0.4, 0.5) is 0 Å². The number of hydrogen-bond donors (Lipinski definition) is 0. The lowest BCUT2D eigenvalue weighted by Gasteiger charge is -2.22. The molecule has 5 rings (SSSR count). The summed E-state index contributed by atoms with van der Waals surface area (Å²) < 4.78 is 7.12. The molecule has 176 valence electrons. The van der Waals surface area contributed by atoms with Crippen LogP contribution in [0.25, 0.3) is 16.9 Å². The van der Waals surface area contributed by atoms with Crippen molar-refractivity contribution in [2.45, 2.75) is 38.0 Å². The third-order valence-corrected chi connectivity index (χ3v) is 6.65. The van der Waals surface area contributed by atoms with Crippen LogP contribution in [0.1, 0.15) is 64.3 Å². The summed E-state index contributed by atoms with van der Waals surface area (Å²) in [5.41, 5.74) is 4.32. The molecule has 0 atom stereocenters. The maximum absolute atomic E-state index is 13.1. The van der Waals surface area contributed by atoms with E-state index in [1.165, 1.54) is 37.7 Å². The van der Waals surface area contributed by atoms with Gasteiger partial charge in [-0.25, -0.2) is 9.48 Å². The molecule has 0 aliphatic heterocycles. The normalized spacial score (nSPS) is 13.9. The number of ether oxygens (including phenoxy) is 1. The smallest absolute Gasteiger partial charge is 0.342 e. The van der Waals surface area contributed by atoms with Gasteiger partial charge >= 0.3 is 5.97 Å². The predicted molar refractivity (Wildman–Crippen MR) is 136 cm³/mol. The Morgan fingerprint density at radius 2 is 1.49 bits per heavy atom. The van der Waals surface area contributed by atoms with Gasteiger partial charge in [-0.3, -0.25) is 4.79 Å². The highest BCUT2D eigenvalue weighted by Gasteiger charge is 2.21. The quantitative estimate of drug-likeness (QED) is 0.228. The zero-order valence-corrected chi connectivity index (χ0v) is 19.6. The summed E-state index contributed by atoms with van der Waals surface area (Å²) in [5.74, 6) is -0.202. The van der Waals surface area contributed by atoms with Gasteiger partial charge in [-0.2, -0.15) is 5.10 Å². The van der Waals surface area contributed by atoms with Gasteiger partial charge in [-0.05, 0) is 36.5 Å². The first-order valence-corrected chi connectivity index (χ1v) is 12.2. The summed E-state index contributed by atoms with van der Waals surface area (Å²) in [7, 11) is 0. The number of aromatic nitrogens is 2. The second kappa shape index (κ2) is 10.5. The molecule has 1 heterocycles. The molecule has 1 aliphatic carbocycles. The predicted octanol–water partition coefficient (Wildman–Crippen LogP) is 6.63. The zero-order valence-electron chi connectivity index (χ0n) is 19.6. The molecule has 35 heavy (non-hydrogen) atoms. The fourth-order valence-electron chi connectivity index (χ4n) is 4.71. The van der Waals surface area contributed by atoms with Gasteiger partial charge in [0.1, 0.15) is 11.3 Å². The van der Waals surface area contributed by atoms with Crippen molar-refractivity contribution >= 4 is 11.8 Å². The van der Waals surface area contributed by atoms with E-state index in [2.05, 4.69) is 5.10 Å². The molecule has 0 saturated heterocycles. The highest BCUT2D eigenvalue weighted by atomic mass is 16.5. The van der Waals surface area contributed by atoms with Gasteiger partial charge in [0.15, 0.2) is 12.4 Å². The van der Waals surface area contributed by atoms with Crippen LogP contribution < -0.4 is 0 Å². The molecule has 5 nitrogen and oxygen atoms in total. The average molecular weight is 465 g/mol. The zero-order chi connectivity index (χ0) is 24.0. The molecule has 0 N–H and O–H groups in total. The van der Waals surface area contributed by atoms with E-state index in [-0.39, 0.29) is 12.4 Å². The fraction of sp³-hybridized carbons (Fsp3) is 0.233. The van der Waals surface area contributed by atoms with E-state index in [9.17, 15) is 9.59 Å². The average Bonchev–Trinajstić information content (AvgIpc) is 3.39. The number of rotatable bonds is 7. The minimum atomic E-state index is -0.571. The SMILES string of the molecule is O=C(COC(=O)c1cn(-c2ccccc2)nc1-c1ccccc1)c1ccc(C2CCCCC2)cc1. The van der Waals surface area contributed by atoms with E-state index >= 15 is 0 Å². The molecule has 0 amide bonds. The van der Waals surface area contributed by atoms with Crippen LogP contribution in [0.2, 0.25) is 0 Å². The number of para-hydroxylation sites is 1. The molecule has 1 fully saturated rings. The molecular formula is C30H28N2O3. The van der Waals surface area contributed by atoms with Crippen LogP contribution >= 0.6 is 0 Å². The lowest BCUT2D eigenvalue weighted by molar-refractivity contribution is 0.0475. The van der Waals surface area contributed by atoms with E-state index in [1.807, 2.05) is 84.9 Å². The minimum absolute atomic E-state index is 0.217. The van der Waals surface area contributed by atoms with Crippen LogP contribution in [-0.2, 0) is 4.74 Å². The van der Waals surface area contributed by atoms with Gasteiger partial charge in [-0.1, -0.05) is 92.1 Å². The first-order valence-electron chi connectivity index (χ1n) is 12.2. The Hall–Kier alpha value is -3.99. The highest BCUT2D eigenvalue weighted by molar-refractivity contribution is 6.01.